The van der Waals surface area contributed by atoms with Gasteiger partial charge in [0.15, 0.2) is 0 Å². The molecule has 0 bridgehead atoms. The first-order chi connectivity index (χ1) is 7.92. The van der Waals surface area contributed by atoms with Crippen molar-refractivity contribution in [1.82, 2.24) is 5.32 Å². The molecule has 98 valence electrons. The lowest BCUT2D eigenvalue weighted by molar-refractivity contribution is 0.0954. The second-order valence-electron chi connectivity index (χ2n) is 5.69. The van der Waals surface area contributed by atoms with Crippen LogP contribution in [0, 0.1) is 12.3 Å². The Hall–Kier alpha value is -0.800. The average Bonchev–Trinajstić information content (AvgIpc) is 2.53. The Morgan fingerprint density at radius 1 is 1.35 bits per heavy atom. The zero-order chi connectivity index (χ0) is 12.9. The molecule has 17 heavy (non-hydrogen) atoms. The molecule has 3 heteroatoms. The van der Waals surface area contributed by atoms with Crippen molar-refractivity contribution >= 4 is 0 Å². The summed E-state index contributed by atoms with van der Waals surface area (Å²) in [4.78, 5) is 0. The molecule has 1 aromatic rings. The van der Waals surface area contributed by atoms with Crippen molar-refractivity contribution in [2.45, 2.75) is 47.3 Å². The Morgan fingerprint density at radius 3 is 2.65 bits per heavy atom. The van der Waals surface area contributed by atoms with E-state index in [1.165, 1.54) is 0 Å². The van der Waals surface area contributed by atoms with Crippen LogP contribution in [0.2, 0.25) is 0 Å². The van der Waals surface area contributed by atoms with Gasteiger partial charge in [-0.2, -0.15) is 0 Å². The summed E-state index contributed by atoms with van der Waals surface area (Å²) < 4.78 is 11.3. The van der Waals surface area contributed by atoms with Gasteiger partial charge in [0.1, 0.15) is 11.5 Å². The van der Waals surface area contributed by atoms with Gasteiger partial charge in [-0.3, -0.25) is 0 Å². The predicted molar refractivity (Wildman–Crippen MR) is 69.9 cm³/mol. The van der Waals surface area contributed by atoms with E-state index in [2.05, 4.69) is 32.2 Å². The van der Waals surface area contributed by atoms with Gasteiger partial charge in [0, 0.05) is 12.2 Å². The van der Waals surface area contributed by atoms with Crippen molar-refractivity contribution in [1.29, 1.82) is 0 Å². The van der Waals surface area contributed by atoms with Gasteiger partial charge in [-0.15, -0.1) is 0 Å². The zero-order valence-corrected chi connectivity index (χ0v) is 11.7. The molecule has 0 amide bonds. The van der Waals surface area contributed by atoms with Gasteiger partial charge in [0.2, 0.25) is 0 Å². The van der Waals surface area contributed by atoms with Gasteiger partial charge in [0.05, 0.1) is 13.2 Å². The molecule has 1 heterocycles. The number of rotatable bonds is 6. The molecular formula is C14H25NO2. The van der Waals surface area contributed by atoms with Crippen LogP contribution in [-0.4, -0.2) is 13.7 Å². The molecule has 0 aliphatic heterocycles. The molecule has 1 rings (SSSR count). The summed E-state index contributed by atoms with van der Waals surface area (Å²) in [5.74, 6) is 1.94. The maximum absolute atomic E-state index is 5.69. The van der Waals surface area contributed by atoms with Gasteiger partial charge in [-0.1, -0.05) is 20.8 Å². The lowest BCUT2D eigenvalue weighted by Gasteiger charge is -2.17. The van der Waals surface area contributed by atoms with E-state index in [1.807, 2.05) is 14.0 Å². The number of hydrogen-bond acceptors (Lipinski definition) is 3. The Kier molecular flexibility index (Phi) is 5.22. The van der Waals surface area contributed by atoms with E-state index in [1.54, 1.807) is 0 Å². The maximum Gasteiger partial charge on any atom is 0.118 e. The first kappa shape index (κ1) is 14.3. The first-order valence-electron chi connectivity index (χ1n) is 6.23. The minimum Gasteiger partial charge on any atom is -0.465 e. The number of aryl methyl sites for hydroxylation is 1. The van der Waals surface area contributed by atoms with Gasteiger partial charge >= 0.3 is 0 Å². The summed E-state index contributed by atoms with van der Waals surface area (Å²) in [6.45, 7) is 10.9. The number of furan rings is 1. The summed E-state index contributed by atoms with van der Waals surface area (Å²) >= 11 is 0. The number of ether oxygens (including phenoxy) is 1. The van der Waals surface area contributed by atoms with E-state index < -0.39 is 0 Å². The first-order valence-corrected chi connectivity index (χ1v) is 6.23. The van der Waals surface area contributed by atoms with Crippen molar-refractivity contribution in [2.24, 2.45) is 5.41 Å². The molecule has 0 saturated carbocycles. The summed E-state index contributed by atoms with van der Waals surface area (Å²) in [7, 11) is 1.91. The highest BCUT2D eigenvalue weighted by Gasteiger charge is 2.11. The molecule has 0 saturated heterocycles. The Labute approximate surface area is 105 Å². The van der Waals surface area contributed by atoms with Crippen LogP contribution in [0.1, 0.15) is 44.3 Å². The Balaban J connectivity index is 2.36. The van der Waals surface area contributed by atoms with E-state index in [0.717, 1.165) is 36.7 Å². The van der Waals surface area contributed by atoms with Crippen LogP contribution in [-0.2, 0) is 17.9 Å². The van der Waals surface area contributed by atoms with Gasteiger partial charge < -0.3 is 14.5 Å². The van der Waals surface area contributed by atoms with Crippen LogP contribution in [0.3, 0.4) is 0 Å². The van der Waals surface area contributed by atoms with Gasteiger partial charge in [-0.25, -0.2) is 0 Å². The van der Waals surface area contributed by atoms with E-state index >= 15 is 0 Å². The minimum absolute atomic E-state index is 0.336. The van der Waals surface area contributed by atoms with Crippen molar-refractivity contribution in [3.8, 4) is 0 Å². The molecule has 1 N–H and O–H groups in total. The van der Waals surface area contributed by atoms with E-state index in [0.29, 0.717) is 12.0 Å². The predicted octanol–water partition coefficient (Wildman–Crippen LogP) is 3.26. The molecule has 0 aliphatic rings. The summed E-state index contributed by atoms with van der Waals surface area (Å²) in [5, 5.41) is 3.08. The standard InChI is InChI=1S/C14H25NO2/c1-11-12(8-13(17-11)9-15-5)10-16-7-6-14(2,3)4/h8,15H,6-7,9-10H2,1-5H3. The number of nitrogens with one attached hydrogen (secondary N) is 1. The van der Waals surface area contributed by atoms with Crippen molar-refractivity contribution in [3.05, 3.63) is 23.2 Å². The lowest BCUT2D eigenvalue weighted by Crippen LogP contribution is -2.09. The summed E-state index contributed by atoms with van der Waals surface area (Å²) in [6.07, 6.45) is 1.08. The van der Waals surface area contributed by atoms with Crippen LogP contribution in [0.5, 0.6) is 0 Å². The van der Waals surface area contributed by atoms with E-state index in [9.17, 15) is 0 Å². The normalized spacial score (nSPS) is 12.1. The van der Waals surface area contributed by atoms with Crippen LogP contribution in [0.25, 0.3) is 0 Å². The molecule has 0 unspecified atom stereocenters. The maximum atomic E-state index is 5.69. The lowest BCUT2D eigenvalue weighted by atomic mass is 9.93. The highest BCUT2D eigenvalue weighted by molar-refractivity contribution is 5.19. The van der Waals surface area contributed by atoms with E-state index in [-0.39, 0.29) is 0 Å². The topological polar surface area (TPSA) is 34.4 Å². The zero-order valence-electron chi connectivity index (χ0n) is 11.7. The summed E-state index contributed by atoms with van der Waals surface area (Å²) in [5.41, 5.74) is 1.49. The van der Waals surface area contributed by atoms with Crippen LogP contribution >= 0.6 is 0 Å². The third-order valence-electron chi connectivity index (χ3n) is 2.68. The molecule has 0 fully saturated rings. The molecule has 3 nitrogen and oxygen atoms in total. The van der Waals surface area contributed by atoms with Gasteiger partial charge in [-0.05, 0) is 31.9 Å². The Bertz CT molecular complexity index is 336. The SMILES string of the molecule is CNCc1cc(COCCC(C)(C)C)c(C)o1. The third-order valence-corrected chi connectivity index (χ3v) is 2.68. The second kappa shape index (κ2) is 6.22. The van der Waals surface area contributed by atoms with Crippen molar-refractivity contribution in [2.75, 3.05) is 13.7 Å². The molecule has 0 aliphatic carbocycles. The molecule has 0 radical (unpaired) electrons. The molecular weight excluding hydrogens is 214 g/mol. The van der Waals surface area contributed by atoms with Crippen molar-refractivity contribution < 1.29 is 9.15 Å². The van der Waals surface area contributed by atoms with Crippen LogP contribution in [0.15, 0.2) is 10.5 Å². The summed E-state index contributed by atoms with van der Waals surface area (Å²) in [6, 6.07) is 2.07. The van der Waals surface area contributed by atoms with Crippen molar-refractivity contribution in [3.63, 3.8) is 0 Å². The molecule has 0 spiro atoms. The highest BCUT2D eigenvalue weighted by Crippen LogP contribution is 2.19. The van der Waals surface area contributed by atoms with Crippen LogP contribution < -0.4 is 5.32 Å². The monoisotopic (exact) mass is 239 g/mol. The number of hydrogen-bond donors (Lipinski definition) is 1. The fourth-order valence-electron chi connectivity index (χ4n) is 1.55. The Morgan fingerprint density at radius 2 is 2.06 bits per heavy atom. The van der Waals surface area contributed by atoms with E-state index in [4.69, 9.17) is 9.15 Å². The minimum atomic E-state index is 0.336. The molecule has 0 aromatic carbocycles. The highest BCUT2D eigenvalue weighted by atomic mass is 16.5. The molecule has 0 atom stereocenters. The third kappa shape index (κ3) is 5.37. The molecule has 1 aromatic heterocycles. The van der Waals surface area contributed by atoms with Gasteiger partial charge in [0.25, 0.3) is 0 Å². The average molecular weight is 239 g/mol. The largest absolute Gasteiger partial charge is 0.465 e. The fraction of sp³-hybridized carbons (Fsp3) is 0.714. The van der Waals surface area contributed by atoms with Crippen LogP contribution in [0.4, 0.5) is 0 Å². The fourth-order valence-corrected chi connectivity index (χ4v) is 1.55. The quantitative estimate of drug-likeness (QED) is 0.774. The smallest absolute Gasteiger partial charge is 0.118 e. The second-order valence-corrected chi connectivity index (χ2v) is 5.69.